The van der Waals surface area contributed by atoms with Gasteiger partial charge in [-0.3, -0.25) is 18.6 Å². The van der Waals surface area contributed by atoms with Gasteiger partial charge in [-0.2, -0.15) is 0 Å². The summed E-state index contributed by atoms with van der Waals surface area (Å²) < 4.78 is 3.56. The molecule has 0 unspecified atom stereocenters. The average Bonchev–Trinajstić information content (AvgIpc) is 3.30. The number of nitrogens with zero attached hydrogens (tertiary/aromatic N) is 5. The number of amides is 1. The summed E-state index contributed by atoms with van der Waals surface area (Å²) in [5, 5.41) is 9.97. The number of benzene rings is 2. The van der Waals surface area contributed by atoms with Crippen molar-refractivity contribution in [3.8, 4) is 0 Å². The van der Waals surface area contributed by atoms with Gasteiger partial charge in [0.2, 0.25) is 11.7 Å². The molecule has 2 heterocycles. The molecule has 4 aromatic rings. The second kappa shape index (κ2) is 9.39. The van der Waals surface area contributed by atoms with Crippen LogP contribution in [0.25, 0.3) is 16.7 Å². The predicted molar refractivity (Wildman–Crippen MR) is 131 cm³/mol. The zero-order valence-electron chi connectivity index (χ0n) is 18.7. The SMILES string of the molecule is CN(C(=O)CSc1nnc2n(Cc3ccccc3)c(=O)c3ccccc3n12)C1CCCCC1. The molecule has 33 heavy (non-hydrogen) atoms. The fraction of sp³-hybridized carbons (Fsp3) is 0.360. The van der Waals surface area contributed by atoms with Crippen molar-refractivity contribution in [2.45, 2.75) is 49.8 Å². The van der Waals surface area contributed by atoms with Gasteiger partial charge in [-0.1, -0.05) is 73.5 Å². The fourth-order valence-electron chi connectivity index (χ4n) is 4.64. The molecule has 0 bridgehead atoms. The molecule has 8 heteroatoms. The predicted octanol–water partition coefficient (Wildman–Crippen LogP) is 3.98. The highest BCUT2D eigenvalue weighted by Gasteiger charge is 2.23. The molecule has 0 atom stereocenters. The first-order valence-corrected chi connectivity index (χ1v) is 12.4. The van der Waals surface area contributed by atoms with E-state index in [4.69, 9.17) is 0 Å². The van der Waals surface area contributed by atoms with Crippen LogP contribution >= 0.6 is 11.8 Å². The summed E-state index contributed by atoms with van der Waals surface area (Å²) in [5.41, 5.74) is 1.67. The lowest BCUT2D eigenvalue weighted by Gasteiger charge is -2.31. The Labute approximate surface area is 196 Å². The number of aromatic nitrogens is 4. The van der Waals surface area contributed by atoms with Crippen molar-refractivity contribution in [1.82, 2.24) is 24.1 Å². The van der Waals surface area contributed by atoms with Gasteiger partial charge in [-0.25, -0.2) is 0 Å². The lowest BCUT2D eigenvalue weighted by Crippen LogP contribution is -2.39. The fourth-order valence-corrected chi connectivity index (χ4v) is 5.50. The summed E-state index contributed by atoms with van der Waals surface area (Å²) in [6, 6.07) is 17.7. The van der Waals surface area contributed by atoms with Gasteiger partial charge in [0, 0.05) is 13.1 Å². The monoisotopic (exact) mass is 461 g/mol. The molecule has 1 saturated carbocycles. The van der Waals surface area contributed by atoms with Gasteiger partial charge < -0.3 is 4.90 Å². The van der Waals surface area contributed by atoms with Crippen LogP contribution in [0, 0.1) is 0 Å². The Morgan fingerprint density at radius 2 is 1.76 bits per heavy atom. The van der Waals surface area contributed by atoms with Crippen molar-refractivity contribution < 1.29 is 4.79 Å². The molecule has 1 fully saturated rings. The number of para-hydroxylation sites is 1. The summed E-state index contributed by atoms with van der Waals surface area (Å²) in [6.07, 6.45) is 5.80. The molecule has 7 nitrogen and oxygen atoms in total. The van der Waals surface area contributed by atoms with E-state index in [1.807, 2.05) is 70.9 Å². The molecular formula is C25H27N5O2S. The average molecular weight is 462 g/mol. The maximum atomic E-state index is 13.3. The Bertz CT molecular complexity index is 1340. The topological polar surface area (TPSA) is 72.5 Å². The summed E-state index contributed by atoms with van der Waals surface area (Å²) in [7, 11) is 1.91. The molecule has 1 aliphatic rings. The number of hydrogen-bond acceptors (Lipinski definition) is 5. The molecule has 0 spiro atoms. The Kier molecular flexibility index (Phi) is 6.17. The van der Waals surface area contributed by atoms with E-state index in [2.05, 4.69) is 10.2 Å². The first-order valence-electron chi connectivity index (χ1n) is 11.4. The van der Waals surface area contributed by atoms with Gasteiger partial charge >= 0.3 is 0 Å². The highest BCUT2D eigenvalue weighted by atomic mass is 32.2. The molecule has 1 aliphatic carbocycles. The highest BCUT2D eigenvalue weighted by molar-refractivity contribution is 7.99. The molecule has 1 amide bonds. The summed E-state index contributed by atoms with van der Waals surface area (Å²) >= 11 is 1.38. The van der Waals surface area contributed by atoms with Crippen LogP contribution in [0.4, 0.5) is 0 Å². The first-order chi connectivity index (χ1) is 16.1. The standard InChI is InChI=1S/C25H27N5O2S/c1-28(19-12-6-3-7-13-19)22(31)17-33-25-27-26-24-29(16-18-10-4-2-5-11-18)23(32)20-14-8-9-15-21(20)30(24)25/h2,4-5,8-11,14-15,19H,3,6-7,12-13,16-17H2,1H3. The third-order valence-electron chi connectivity index (χ3n) is 6.50. The molecule has 2 aromatic heterocycles. The number of carbonyl (C=O) groups is 1. The number of hydrogen-bond donors (Lipinski definition) is 0. The second-order valence-electron chi connectivity index (χ2n) is 8.60. The smallest absolute Gasteiger partial charge is 0.263 e. The Morgan fingerprint density at radius 3 is 2.55 bits per heavy atom. The maximum Gasteiger partial charge on any atom is 0.263 e. The number of fused-ring (bicyclic) bond motifs is 3. The molecule has 2 aromatic carbocycles. The van der Waals surface area contributed by atoms with Crippen molar-refractivity contribution in [1.29, 1.82) is 0 Å². The minimum atomic E-state index is -0.0981. The lowest BCUT2D eigenvalue weighted by atomic mass is 9.94. The summed E-state index contributed by atoms with van der Waals surface area (Å²) in [6.45, 7) is 0.403. The molecule has 5 rings (SSSR count). The van der Waals surface area contributed by atoms with Crippen LogP contribution < -0.4 is 5.56 Å². The van der Waals surface area contributed by atoms with E-state index in [-0.39, 0.29) is 11.5 Å². The van der Waals surface area contributed by atoms with E-state index in [1.54, 1.807) is 4.57 Å². The number of rotatable bonds is 6. The molecule has 0 radical (unpaired) electrons. The van der Waals surface area contributed by atoms with Gasteiger partial charge in [0.1, 0.15) is 0 Å². The van der Waals surface area contributed by atoms with Gasteiger partial charge in [0.15, 0.2) is 5.16 Å². The molecule has 0 saturated heterocycles. The minimum Gasteiger partial charge on any atom is -0.342 e. The lowest BCUT2D eigenvalue weighted by molar-refractivity contribution is -0.129. The zero-order chi connectivity index (χ0) is 22.8. The maximum absolute atomic E-state index is 13.3. The summed E-state index contributed by atoms with van der Waals surface area (Å²) in [5.74, 6) is 0.878. The third-order valence-corrected chi connectivity index (χ3v) is 7.42. The Morgan fingerprint density at radius 1 is 1.03 bits per heavy atom. The third kappa shape index (κ3) is 4.27. The van der Waals surface area contributed by atoms with Gasteiger partial charge in [0.25, 0.3) is 5.56 Å². The largest absolute Gasteiger partial charge is 0.342 e. The van der Waals surface area contributed by atoms with E-state index < -0.39 is 0 Å². The molecule has 170 valence electrons. The van der Waals surface area contributed by atoms with Crippen molar-refractivity contribution in [2.24, 2.45) is 0 Å². The van der Waals surface area contributed by atoms with E-state index in [9.17, 15) is 9.59 Å². The van der Waals surface area contributed by atoms with Crippen LogP contribution in [-0.4, -0.2) is 48.8 Å². The van der Waals surface area contributed by atoms with E-state index >= 15 is 0 Å². The second-order valence-corrected chi connectivity index (χ2v) is 9.54. The molecule has 0 N–H and O–H groups in total. The van der Waals surface area contributed by atoms with Crippen molar-refractivity contribution in [2.75, 3.05) is 12.8 Å². The Balaban J connectivity index is 1.49. The van der Waals surface area contributed by atoms with Crippen molar-refractivity contribution in [3.05, 3.63) is 70.5 Å². The first kappa shape index (κ1) is 21.7. The number of thioether (sulfide) groups is 1. The van der Waals surface area contributed by atoms with Crippen LogP contribution in [0.5, 0.6) is 0 Å². The molecular weight excluding hydrogens is 434 g/mol. The minimum absolute atomic E-state index is 0.0981. The normalized spacial score (nSPS) is 14.7. The quantitative estimate of drug-likeness (QED) is 0.406. The van der Waals surface area contributed by atoms with Gasteiger partial charge in [-0.05, 0) is 30.5 Å². The van der Waals surface area contributed by atoms with Crippen LogP contribution in [0.3, 0.4) is 0 Å². The van der Waals surface area contributed by atoms with E-state index in [1.165, 1.54) is 31.0 Å². The van der Waals surface area contributed by atoms with Crippen LogP contribution in [0.2, 0.25) is 0 Å². The van der Waals surface area contributed by atoms with E-state index in [0.717, 1.165) is 23.9 Å². The van der Waals surface area contributed by atoms with E-state index in [0.29, 0.717) is 34.7 Å². The number of carbonyl (C=O) groups excluding carboxylic acids is 1. The zero-order valence-corrected chi connectivity index (χ0v) is 19.5. The van der Waals surface area contributed by atoms with Gasteiger partial charge in [-0.15, -0.1) is 10.2 Å². The van der Waals surface area contributed by atoms with Crippen LogP contribution in [0.1, 0.15) is 37.7 Å². The van der Waals surface area contributed by atoms with Crippen molar-refractivity contribution in [3.63, 3.8) is 0 Å². The Hall–Kier alpha value is -3.13. The van der Waals surface area contributed by atoms with Crippen LogP contribution in [-0.2, 0) is 11.3 Å². The van der Waals surface area contributed by atoms with Gasteiger partial charge in [0.05, 0.1) is 23.2 Å². The molecule has 0 aliphatic heterocycles. The summed E-state index contributed by atoms with van der Waals surface area (Å²) in [4.78, 5) is 28.1. The van der Waals surface area contributed by atoms with Crippen LogP contribution in [0.15, 0.2) is 64.5 Å². The highest BCUT2D eigenvalue weighted by Crippen LogP contribution is 2.25. The van der Waals surface area contributed by atoms with Crippen molar-refractivity contribution >= 4 is 34.3 Å².